The van der Waals surface area contributed by atoms with E-state index in [1.807, 2.05) is 19.1 Å². The molecule has 0 atom stereocenters. The van der Waals surface area contributed by atoms with Crippen molar-refractivity contribution in [2.24, 2.45) is 0 Å². The summed E-state index contributed by atoms with van der Waals surface area (Å²) in [5.41, 5.74) is 2.41. The molecule has 0 aliphatic heterocycles. The minimum atomic E-state index is 0.467. The van der Waals surface area contributed by atoms with Crippen molar-refractivity contribution in [1.29, 1.82) is 0 Å². The zero-order valence-corrected chi connectivity index (χ0v) is 14.2. The van der Waals surface area contributed by atoms with E-state index in [0.717, 1.165) is 36.2 Å². The lowest BCUT2D eigenvalue weighted by atomic mass is 10.0. The summed E-state index contributed by atoms with van der Waals surface area (Å²) in [6, 6.07) is 10.4. The second-order valence-corrected chi connectivity index (χ2v) is 5.70. The average molecular weight is 298 g/mol. The van der Waals surface area contributed by atoms with E-state index in [-0.39, 0.29) is 0 Å². The zero-order valence-electron chi connectivity index (χ0n) is 14.2. The van der Waals surface area contributed by atoms with Crippen LogP contribution in [-0.4, -0.2) is 23.1 Å². The molecule has 22 heavy (non-hydrogen) atoms. The first-order valence-corrected chi connectivity index (χ1v) is 8.01. The van der Waals surface area contributed by atoms with Crippen LogP contribution in [0, 0.1) is 6.92 Å². The molecule has 0 radical (unpaired) electrons. The molecule has 118 valence electrons. The molecule has 0 saturated heterocycles. The van der Waals surface area contributed by atoms with Gasteiger partial charge in [0, 0.05) is 24.8 Å². The molecule has 0 fully saturated rings. The first-order valence-electron chi connectivity index (χ1n) is 8.01. The van der Waals surface area contributed by atoms with Crippen molar-refractivity contribution in [3.8, 4) is 0 Å². The molecule has 0 amide bonds. The molecule has 1 aromatic carbocycles. The van der Waals surface area contributed by atoms with E-state index in [9.17, 15) is 0 Å². The maximum absolute atomic E-state index is 4.55. The van der Waals surface area contributed by atoms with Crippen molar-refractivity contribution < 1.29 is 0 Å². The number of nitrogens with one attached hydrogen (secondary N) is 1. The maximum Gasteiger partial charge on any atom is 0.136 e. The number of para-hydroxylation sites is 1. The minimum absolute atomic E-state index is 0.467. The Labute approximate surface area is 133 Å². The third-order valence-electron chi connectivity index (χ3n) is 3.76. The number of rotatable bonds is 6. The van der Waals surface area contributed by atoms with E-state index in [2.05, 4.69) is 66.1 Å². The topological polar surface area (TPSA) is 41.0 Å². The van der Waals surface area contributed by atoms with Gasteiger partial charge in [-0.05, 0) is 38.3 Å². The van der Waals surface area contributed by atoms with Gasteiger partial charge >= 0.3 is 0 Å². The molecule has 4 heteroatoms. The molecule has 1 aromatic heterocycles. The van der Waals surface area contributed by atoms with Crippen LogP contribution >= 0.6 is 0 Å². The maximum atomic E-state index is 4.55. The summed E-state index contributed by atoms with van der Waals surface area (Å²) in [4.78, 5) is 11.3. The fraction of sp³-hybridized carbons (Fsp3) is 0.444. The molecule has 0 spiro atoms. The summed E-state index contributed by atoms with van der Waals surface area (Å²) >= 11 is 0. The molecule has 0 saturated carbocycles. The molecule has 0 aliphatic rings. The lowest BCUT2D eigenvalue weighted by molar-refractivity contribution is 0.834. The predicted octanol–water partition coefficient (Wildman–Crippen LogP) is 4.50. The average Bonchev–Trinajstić information content (AvgIpc) is 2.48. The number of hydrogen-bond acceptors (Lipinski definition) is 4. The lowest BCUT2D eigenvalue weighted by Gasteiger charge is -2.21. The van der Waals surface area contributed by atoms with E-state index < -0.39 is 0 Å². The van der Waals surface area contributed by atoms with Crippen LogP contribution in [0.15, 0.2) is 30.3 Å². The summed E-state index contributed by atoms with van der Waals surface area (Å²) in [7, 11) is 0. The van der Waals surface area contributed by atoms with Gasteiger partial charge in [-0.1, -0.05) is 32.0 Å². The Morgan fingerprint density at radius 3 is 2.41 bits per heavy atom. The van der Waals surface area contributed by atoms with Gasteiger partial charge in [-0.2, -0.15) is 0 Å². The van der Waals surface area contributed by atoms with Gasteiger partial charge in [0.05, 0.1) is 0 Å². The number of aromatic nitrogens is 2. The molecule has 1 N–H and O–H groups in total. The van der Waals surface area contributed by atoms with Gasteiger partial charge in [-0.15, -0.1) is 0 Å². The van der Waals surface area contributed by atoms with Crippen molar-refractivity contribution in [2.75, 3.05) is 23.3 Å². The third-order valence-corrected chi connectivity index (χ3v) is 3.76. The number of anilines is 3. The van der Waals surface area contributed by atoms with Crippen molar-refractivity contribution in [3.05, 3.63) is 41.7 Å². The first kappa shape index (κ1) is 16.3. The van der Waals surface area contributed by atoms with Crippen LogP contribution in [0.3, 0.4) is 0 Å². The third kappa shape index (κ3) is 3.75. The van der Waals surface area contributed by atoms with Crippen molar-refractivity contribution >= 4 is 17.3 Å². The van der Waals surface area contributed by atoms with Gasteiger partial charge < -0.3 is 10.2 Å². The van der Waals surface area contributed by atoms with Gasteiger partial charge in [0.25, 0.3) is 0 Å². The Kier molecular flexibility index (Phi) is 5.36. The highest BCUT2D eigenvalue weighted by molar-refractivity contribution is 5.63. The zero-order chi connectivity index (χ0) is 16.1. The molecule has 2 rings (SSSR count). The van der Waals surface area contributed by atoms with Crippen molar-refractivity contribution in [1.82, 2.24) is 9.97 Å². The van der Waals surface area contributed by atoms with Crippen LogP contribution < -0.4 is 10.2 Å². The number of aryl methyl sites for hydroxylation is 1. The van der Waals surface area contributed by atoms with E-state index in [1.54, 1.807) is 0 Å². The SMILES string of the molecule is CCN(CC)c1cc(Nc2ccccc2C(C)C)nc(C)n1. The van der Waals surface area contributed by atoms with Crippen LogP contribution in [0.2, 0.25) is 0 Å². The van der Waals surface area contributed by atoms with Gasteiger partial charge in [0.1, 0.15) is 17.5 Å². The standard InChI is InChI=1S/C18H26N4/c1-6-22(7-2)18-12-17(19-14(5)20-18)21-16-11-9-8-10-15(16)13(3)4/h8-13H,6-7H2,1-5H3,(H,19,20,21). The van der Waals surface area contributed by atoms with E-state index in [0.29, 0.717) is 5.92 Å². The molecule has 4 nitrogen and oxygen atoms in total. The summed E-state index contributed by atoms with van der Waals surface area (Å²) in [6.07, 6.45) is 0. The smallest absolute Gasteiger partial charge is 0.136 e. The van der Waals surface area contributed by atoms with E-state index in [1.165, 1.54) is 5.56 Å². The second-order valence-electron chi connectivity index (χ2n) is 5.70. The highest BCUT2D eigenvalue weighted by atomic mass is 15.2. The summed E-state index contributed by atoms with van der Waals surface area (Å²) in [5, 5.41) is 3.46. The monoisotopic (exact) mass is 298 g/mol. The number of benzene rings is 1. The fourth-order valence-electron chi connectivity index (χ4n) is 2.58. The highest BCUT2D eigenvalue weighted by Gasteiger charge is 2.10. The van der Waals surface area contributed by atoms with Gasteiger partial charge in [0.2, 0.25) is 0 Å². The molecular weight excluding hydrogens is 272 g/mol. The summed E-state index contributed by atoms with van der Waals surface area (Å²) in [6.45, 7) is 12.5. The predicted molar refractivity (Wildman–Crippen MR) is 94.1 cm³/mol. The van der Waals surface area contributed by atoms with Gasteiger partial charge in [-0.3, -0.25) is 0 Å². The number of nitrogens with zero attached hydrogens (tertiary/aromatic N) is 3. The summed E-state index contributed by atoms with van der Waals surface area (Å²) < 4.78 is 0. The van der Waals surface area contributed by atoms with Gasteiger partial charge in [-0.25, -0.2) is 9.97 Å². The molecule has 0 bridgehead atoms. The van der Waals surface area contributed by atoms with Crippen LogP contribution in [-0.2, 0) is 0 Å². The largest absolute Gasteiger partial charge is 0.357 e. The van der Waals surface area contributed by atoms with Crippen LogP contribution in [0.25, 0.3) is 0 Å². The van der Waals surface area contributed by atoms with Crippen molar-refractivity contribution in [3.63, 3.8) is 0 Å². The first-order chi connectivity index (χ1) is 10.5. The van der Waals surface area contributed by atoms with Crippen LogP contribution in [0.1, 0.15) is 45.0 Å². The number of hydrogen-bond donors (Lipinski definition) is 1. The second kappa shape index (κ2) is 7.25. The molecule has 2 aromatic rings. The molecule has 1 heterocycles. The van der Waals surface area contributed by atoms with Crippen LogP contribution in [0.5, 0.6) is 0 Å². The normalized spacial score (nSPS) is 10.8. The minimum Gasteiger partial charge on any atom is -0.357 e. The molecular formula is C18H26N4. The quantitative estimate of drug-likeness (QED) is 0.852. The Bertz CT molecular complexity index is 618. The molecule has 0 unspecified atom stereocenters. The Morgan fingerprint density at radius 1 is 1.09 bits per heavy atom. The van der Waals surface area contributed by atoms with Gasteiger partial charge in [0.15, 0.2) is 0 Å². The summed E-state index contributed by atoms with van der Waals surface area (Å²) in [5.74, 6) is 3.08. The van der Waals surface area contributed by atoms with E-state index in [4.69, 9.17) is 0 Å². The molecule has 0 aliphatic carbocycles. The Hall–Kier alpha value is -2.10. The lowest BCUT2D eigenvalue weighted by Crippen LogP contribution is -2.23. The highest BCUT2D eigenvalue weighted by Crippen LogP contribution is 2.27. The van der Waals surface area contributed by atoms with Crippen LogP contribution in [0.4, 0.5) is 17.3 Å². The fourth-order valence-corrected chi connectivity index (χ4v) is 2.58. The van der Waals surface area contributed by atoms with E-state index >= 15 is 0 Å². The Morgan fingerprint density at radius 2 is 1.77 bits per heavy atom. The van der Waals surface area contributed by atoms with Crippen molar-refractivity contribution in [2.45, 2.75) is 40.5 Å². The Balaban J connectivity index is 2.34.